The van der Waals surface area contributed by atoms with E-state index in [9.17, 15) is 4.79 Å². The number of amides is 1. The zero-order chi connectivity index (χ0) is 16.9. The van der Waals surface area contributed by atoms with Gasteiger partial charge in [0, 0.05) is 24.5 Å². The van der Waals surface area contributed by atoms with E-state index in [-0.39, 0.29) is 5.91 Å². The molecule has 6 heteroatoms. The Kier molecular flexibility index (Phi) is 4.65. The number of hydrogen-bond donors (Lipinski definition) is 1. The molecule has 0 bridgehead atoms. The smallest absolute Gasteiger partial charge is 0.226 e. The topological polar surface area (TPSA) is 77.5 Å². The fraction of sp³-hybridized carbons (Fsp3) is 0.222. The van der Waals surface area contributed by atoms with Crippen molar-refractivity contribution in [2.24, 2.45) is 0 Å². The fourth-order valence-corrected chi connectivity index (χ4v) is 2.29. The predicted octanol–water partition coefficient (Wildman–Crippen LogP) is 3.82. The molecule has 1 aromatic carbocycles. The summed E-state index contributed by atoms with van der Waals surface area (Å²) in [5, 5.41) is 6.41. The van der Waals surface area contributed by atoms with Crippen LogP contribution in [0.4, 0.5) is 5.82 Å². The van der Waals surface area contributed by atoms with Crippen LogP contribution < -0.4 is 10.1 Å². The van der Waals surface area contributed by atoms with Crippen molar-refractivity contribution in [3.63, 3.8) is 0 Å². The minimum absolute atomic E-state index is 0.134. The Morgan fingerprint density at radius 3 is 2.67 bits per heavy atom. The molecular formula is C18H18N2O4. The summed E-state index contributed by atoms with van der Waals surface area (Å²) in [5.41, 5.74) is 0.963. The van der Waals surface area contributed by atoms with Gasteiger partial charge in [0.25, 0.3) is 0 Å². The highest BCUT2D eigenvalue weighted by molar-refractivity contribution is 5.89. The number of anilines is 1. The second-order valence-electron chi connectivity index (χ2n) is 5.37. The monoisotopic (exact) mass is 326 g/mol. The van der Waals surface area contributed by atoms with E-state index in [4.69, 9.17) is 13.7 Å². The second-order valence-corrected chi connectivity index (χ2v) is 5.37. The Morgan fingerprint density at radius 1 is 1.21 bits per heavy atom. The number of hydrogen-bond acceptors (Lipinski definition) is 5. The summed E-state index contributed by atoms with van der Waals surface area (Å²) in [6.07, 6.45) is 0.820. The lowest BCUT2D eigenvalue weighted by molar-refractivity contribution is -0.116. The van der Waals surface area contributed by atoms with Gasteiger partial charge < -0.3 is 19.0 Å². The van der Waals surface area contributed by atoms with Crippen molar-refractivity contribution >= 4 is 11.7 Å². The highest BCUT2D eigenvalue weighted by Gasteiger charge is 2.09. The van der Waals surface area contributed by atoms with Gasteiger partial charge in [0.15, 0.2) is 5.82 Å². The Morgan fingerprint density at radius 2 is 2.00 bits per heavy atom. The lowest BCUT2D eigenvalue weighted by atomic mass is 10.2. The van der Waals surface area contributed by atoms with Gasteiger partial charge in [-0.1, -0.05) is 5.16 Å². The second kappa shape index (κ2) is 7.04. The third-order valence-corrected chi connectivity index (χ3v) is 3.53. The molecule has 0 aliphatic carbocycles. The molecular weight excluding hydrogens is 308 g/mol. The summed E-state index contributed by atoms with van der Waals surface area (Å²) in [6.45, 7) is 1.77. The van der Waals surface area contributed by atoms with Crippen molar-refractivity contribution in [1.29, 1.82) is 0 Å². The molecule has 6 nitrogen and oxygen atoms in total. The number of ether oxygens (including phenoxy) is 1. The molecule has 0 atom stereocenters. The van der Waals surface area contributed by atoms with Crippen LogP contribution in [0.5, 0.6) is 5.75 Å². The largest absolute Gasteiger partial charge is 0.497 e. The molecule has 24 heavy (non-hydrogen) atoms. The van der Waals surface area contributed by atoms with E-state index in [0.29, 0.717) is 24.4 Å². The standard InChI is InChI=1S/C18H18N2O4/c1-12-11-17(20-24-12)19-18(21)10-8-15-7-9-16(23-15)13-3-5-14(22-2)6-4-13/h3-7,9,11H,8,10H2,1-2H3,(H,19,20,21). The number of benzene rings is 1. The summed E-state index contributed by atoms with van der Waals surface area (Å²) in [6, 6.07) is 13.1. The molecule has 2 aromatic heterocycles. The number of methoxy groups -OCH3 is 1. The first-order chi connectivity index (χ1) is 11.6. The maximum Gasteiger partial charge on any atom is 0.226 e. The summed E-state index contributed by atoms with van der Waals surface area (Å²) in [4.78, 5) is 11.9. The van der Waals surface area contributed by atoms with Crippen LogP contribution in [-0.4, -0.2) is 18.2 Å². The van der Waals surface area contributed by atoms with Crippen LogP contribution in [-0.2, 0) is 11.2 Å². The van der Waals surface area contributed by atoms with Gasteiger partial charge in [-0.05, 0) is 43.3 Å². The maximum absolute atomic E-state index is 11.9. The molecule has 0 spiro atoms. The van der Waals surface area contributed by atoms with Crippen LogP contribution in [0.2, 0.25) is 0 Å². The molecule has 0 saturated heterocycles. The molecule has 0 fully saturated rings. The summed E-state index contributed by atoms with van der Waals surface area (Å²) >= 11 is 0. The van der Waals surface area contributed by atoms with E-state index < -0.39 is 0 Å². The quantitative estimate of drug-likeness (QED) is 0.745. The first kappa shape index (κ1) is 15.9. The van der Waals surface area contributed by atoms with Crippen LogP contribution in [0.15, 0.2) is 51.4 Å². The van der Waals surface area contributed by atoms with Crippen molar-refractivity contribution in [3.8, 4) is 17.1 Å². The third kappa shape index (κ3) is 3.84. The van der Waals surface area contributed by atoms with Gasteiger partial charge in [0.2, 0.25) is 5.91 Å². The highest BCUT2D eigenvalue weighted by Crippen LogP contribution is 2.25. The Bertz CT molecular complexity index is 818. The summed E-state index contributed by atoms with van der Waals surface area (Å²) in [5.74, 6) is 3.26. The van der Waals surface area contributed by atoms with Crippen LogP contribution in [0.25, 0.3) is 11.3 Å². The third-order valence-electron chi connectivity index (χ3n) is 3.53. The molecule has 1 N–H and O–H groups in total. The van der Waals surface area contributed by atoms with Crippen molar-refractivity contribution < 1.29 is 18.5 Å². The number of nitrogens with one attached hydrogen (secondary N) is 1. The molecule has 0 saturated carbocycles. The Labute approximate surface area is 139 Å². The zero-order valence-electron chi connectivity index (χ0n) is 13.5. The SMILES string of the molecule is COc1ccc(-c2ccc(CCC(=O)Nc3cc(C)on3)o2)cc1. The van der Waals surface area contributed by atoms with Crippen molar-refractivity contribution in [2.45, 2.75) is 19.8 Å². The van der Waals surface area contributed by atoms with Gasteiger partial charge in [0.05, 0.1) is 7.11 Å². The van der Waals surface area contributed by atoms with Crippen LogP contribution in [0, 0.1) is 6.92 Å². The minimum atomic E-state index is -0.134. The van der Waals surface area contributed by atoms with Crippen molar-refractivity contribution in [3.05, 3.63) is 54.0 Å². The lowest BCUT2D eigenvalue weighted by Gasteiger charge is -2.01. The molecule has 3 rings (SSSR count). The molecule has 3 aromatic rings. The van der Waals surface area contributed by atoms with Gasteiger partial charge in [-0.3, -0.25) is 4.79 Å². The van der Waals surface area contributed by atoms with E-state index >= 15 is 0 Å². The van der Waals surface area contributed by atoms with Gasteiger partial charge in [-0.15, -0.1) is 0 Å². The van der Waals surface area contributed by atoms with E-state index in [1.54, 1.807) is 20.1 Å². The Balaban J connectivity index is 1.56. The number of aryl methyl sites for hydroxylation is 2. The molecule has 0 aliphatic heterocycles. The molecule has 0 aliphatic rings. The number of furan rings is 1. The summed E-state index contributed by atoms with van der Waals surface area (Å²) < 4.78 is 15.8. The number of carbonyl (C=O) groups is 1. The van der Waals surface area contributed by atoms with E-state index in [2.05, 4.69) is 10.5 Å². The predicted molar refractivity (Wildman–Crippen MR) is 88.9 cm³/mol. The lowest BCUT2D eigenvalue weighted by Crippen LogP contribution is -2.12. The van der Waals surface area contributed by atoms with Gasteiger partial charge in [0.1, 0.15) is 23.0 Å². The van der Waals surface area contributed by atoms with E-state index in [1.165, 1.54) is 0 Å². The first-order valence-electron chi connectivity index (χ1n) is 7.60. The average Bonchev–Trinajstić information content (AvgIpc) is 3.22. The van der Waals surface area contributed by atoms with Gasteiger partial charge in [-0.2, -0.15) is 0 Å². The zero-order valence-corrected chi connectivity index (χ0v) is 13.5. The van der Waals surface area contributed by atoms with E-state index in [0.717, 1.165) is 22.8 Å². The number of nitrogens with zero attached hydrogens (tertiary/aromatic N) is 1. The van der Waals surface area contributed by atoms with Gasteiger partial charge >= 0.3 is 0 Å². The van der Waals surface area contributed by atoms with Crippen molar-refractivity contribution in [1.82, 2.24) is 5.16 Å². The summed E-state index contributed by atoms with van der Waals surface area (Å²) in [7, 11) is 1.63. The van der Waals surface area contributed by atoms with Crippen LogP contribution in [0.1, 0.15) is 17.9 Å². The number of rotatable bonds is 6. The molecule has 0 unspecified atom stereocenters. The van der Waals surface area contributed by atoms with Crippen molar-refractivity contribution in [2.75, 3.05) is 12.4 Å². The van der Waals surface area contributed by atoms with Gasteiger partial charge in [-0.25, -0.2) is 0 Å². The maximum atomic E-state index is 11.9. The minimum Gasteiger partial charge on any atom is -0.497 e. The first-order valence-corrected chi connectivity index (χ1v) is 7.60. The van der Waals surface area contributed by atoms with Crippen LogP contribution in [0.3, 0.4) is 0 Å². The molecule has 0 radical (unpaired) electrons. The Hall–Kier alpha value is -3.02. The number of carbonyl (C=O) groups excluding carboxylic acids is 1. The fourth-order valence-electron chi connectivity index (χ4n) is 2.29. The molecule has 124 valence electrons. The normalized spacial score (nSPS) is 10.6. The average molecular weight is 326 g/mol. The van der Waals surface area contributed by atoms with E-state index in [1.807, 2.05) is 36.4 Å². The molecule has 1 amide bonds. The highest BCUT2D eigenvalue weighted by atomic mass is 16.5. The molecule has 2 heterocycles. The van der Waals surface area contributed by atoms with Crippen LogP contribution >= 0.6 is 0 Å². The number of aromatic nitrogens is 1.